The molecule has 110 valence electrons. The average molecular weight is 311 g/mol. The molecule has 0 N–H and O–H groups in total. The lowest BCUT2D eigenvalue weighted by Gasteiger charge is -2.15. The van der Waals surface area contributed by atoms with Crippen molar-refractivity contribution in [2.45, 2.75) is 19.3 Å². The van der Waals surface area contributed by atoms with Crippen LogP contribution in [0.15, 0.2) is 54.6 Å². The summed E-state index contributed by atoms with van der Waals surface area (Å²) in [7, 11) is 0. The molecule has 0 unspecified atom stereocenters. The number of aryl methyl sites for hydroxylation is 1. The molecule has 0 amide bonds. The Morgan fingerprint density at radius 2 is 1.50 bits per heavy atom. The van der Waals surface area contributed by atoms with Crippen LogP contribution in [0.3, 0.4) is 0 Å². The van der Waals surface area contributed by atoms with Crippen LogP contribution in [-0.2, 0) is 16.0 Å². The first-order chi connectivity index (χ1) is 10.6. The van der Waals surface area contributed by atoms with Crippen LogP contribution in [0.2, 0.25) is 5.02 Å². The minimum absolute atomic E-state index is 0.132. The van der Waals surface area contributed by atoms with Gasteiger partial charge in [0.1, 0.15) is 5.92 Å². The van der Waals surface area contributed by atoms with Gasteiger partial charge in [-0.25, -0.2) is 0 Å². The monoisotopic (exact) mass is 310 g/mol. The Labute approximate surface area is 134 Å². The van der Waals surface area contributed by atoms with Crippen molar-refractivity contribution in [2.75, 3.05) is 0 Å². The molecule has 2 aromatic carbocycles. The van der Waals surface area contributed by atoms with Crippen LogP contribution in [0.4, 0.5) is 0 Å². The summed E-state index contributed by atoms with van der Waals surface area (Å²) in [5.41, 5.74) is 3.85. The first-order valence-electron chi connectivity index (χ1n) is 7.24. The van der Waals surface area contributed by atoms with Crippen LogP contribution < -0.4 is 0 Å². The maximum Gasteiger partial charge on any atom is 0.171 e. The van der Waals surface area contributed by atoms with E-state index in [4.69, 9.17) is 11.6 Å². The van der Waals surface area contributed by atoms with Crippen molar-refractivity contribution in [1.29, 1.82) is 0 Å². The van der Waals surface area contributed by atoms with Gasteiger partial charge in [-0.15, -0.1) is 0 Å². The lowest BCUT2D eigenvalue weighted by atomic mass is 9.87. The van der Waals surface area contributed by atoms with Crippen molar-refractivity contribution in [1.82, 2.24) is 0 Å². The first-order valence-corrected chi connectivity index (χ1v) is 7.62. The highest BCUT2D eigenvalue weighted by atomic mass is 35.5. The van der Waals surface area contributed by atoms with E-state index in [-0.39, 0.29) is 11.6 Å². The van der Waals surface area contributed by atoms with E-state index in [1.165, 1.54) is 12.2 Å². The number of ketones is 2. The van der Waals surface area contributed by atoms with Gasteiger partial charge in [0.15, 0.2) is 11.6 Å². The Bertz CT molecular complexity index is 755. The molecule has 3 heteroatoms. The fraction of sp³-hybridized carbons (Fsp3) is 0.158. The summed E-state index contributed by atoms with van der Waals surface area (Å²) in [5, 5.41) is 0.680. The molecule has 0 spiro atoms. The Kier molecular flexibility index (Phi) is 3.95. The highest BCUT2D eigenvalue weighted by Gasteiger charge is 2.31. The van der Waals surface area contributed by atoms with Crippen molar-refractivity contribution >= 4 is 23.2 Å². The summed E-state index contributed by atoms with van der Waals surface area (Å²) in [4.78, 5) is 24.0. The number of hydrogen-bond acceptors (Lipinski definition) is 2. The number of benzene rings is 2. The van der Waals surface area contributed by atoms with Gasteiger partial charge in [-0.3, -0.25) is 9.59 Å². The Hall–Kier alpha value is -2.19. The summed E-state index contributed by atoms with van der Waals surface area (Å²) in [5.74, 6) is -0.942. The zero-order chi connectivity index (χ0) is 15.7. The van der Waals surface area contributed by atoms with Crippen LogP contribution in [0.1, 0.15) is 24.0 Å². The van der Waals surface area contributed by atoms with E-state index in [2.05, 4.69) is 0 Å². The summed E-state index contributed by atoms with van der Waals surface area (Å²) >= 11 is 5.92. The predicted molar refractivity (Wildman–Crippen MR) is 88.2 cm³/mol. The minimum Gasteiger partial charge on any atom is -0.294 e. The van der Waals surface area contributed by atoms with E-state index >= 15 is 0 Å². The fourth-order valence-corrected chi connectivity index (χ4v) is 2.94. The molecule has 3 rings (SSSR count). The number of allylic oxidation sites excluding steroid dienone is 2. The van der Waals surface area contributed by atoms with Crippen LogP contribution in [0.25, 0.3) is 11.1 Å². The highest BCUT2D eigenvalue weighted by molar-refractivity contribution is 6.30. The van der Waals surface area contributed by atoms with E-state index in [9.17, 15) is 9.59 Å². The second-order valence-corrected chi connectivity index (χ2v) is 5.78. The lowest BCUT2D eigenvalue weighted by Crippen LogP contribution is -2.15. The Morgan fingerprint density at radius 1 is 0.909 bits per heavy atom. The van der Waals surface area contributed by atoms with Gasteiger partial charge in [0.05, 0.1) is 0 Å². The summed E-state index contributed by atoms with van der Waals surface area (Å²) in [6.07, 6.45) is 3.54. The molecule has 0 fully saturated rings. The SMILES string of the molecule is CCc1ccc(-c2ccc(Cl)cc2)cc1C1C(=O)C=CC1=O. The van der Waals surface area contributed by atoms with Gasteiger partial charge in [0.2, 0.25) is 0 Å². The van der Waals surface area contributed by atoms with Gasteiger partial charge in [-0.05, 0) is 59.0 Å². The minimum atomic E-state index is -0.679. The van der Waals surface area contributed by atoms with E-state index < -0.39 is 5.92 Å². The highest BCUT2D eigenvalue weighted by Crippen LogP contribution is 2.31. The normalized spacial score (nSPS) is 14.8. The molecule has 1 aliphatic rings. The number of carbonyl (C=O) groups excluding carboxylic acids is 2. The smallest absolute Gasteiger partial charge is 0.171 e. The van der Waals surface area contributed by atoms with Crippen LogP contribution in [-0.4, -0.2) is 11.6 Å². The molecule has 0 saturated carbocycles. The third-order valence-electron chi connectivity index (χ3n) is 4.00. The summed E-state index contributed by atoms with van der Waals surface area (Å²) in [6.45, 7) is 2.03. The molecule has 2 aromatic rings. The Morgan fingerprint density at radius 3 is 2.09 bits per heavy atom. The van der Waals surface area contributed by atoms with Crippen LogP contribution in [0.5, 0.6) is 0 Å². The van der Waals surface area contributed by atoms with Gasteiger partial charge < -0.3 is 0 Å². The standard InChI is InChI=1S/C19H15ClO2/c1-2-12-3-4-14(13-5-7-15(20)8-6-13)11-16(12)19-17(21)9-10-18(19)22/h3-11,19H,2H2,1H3. The van der Waals surface area contributed by atoms with Gasteiger partial charge in [-0.1, -0.05) is 42.8 Å². The van der Waals surface area contributed by atoms with E-state index in [0.29, 0.717) is 5.02 Å². The molecule has 0 aliphatic heterocycles. The molecule has 1 aliphatic carbocycles. The number of hydrogen-bond donors (Lipinski definition) is 0. The number of rotatable bonds is 3. The molecular weight excluding hydrogens is 296 g/mol. The van der Waals surface area contributed by atoms with Crippen molar-refractivity contribution in [2.24, 2.45) is 0 Å². The molecular formula is C19H15ClO2. The third-order valence-corrected chi connectivity index (χ3v) is 4.25. The van der Waals surface area contributed by atoms with Crippen molar-refractivity contribution < 1.29 is 9.59 Å². The molecule has 0 bridgehead atoms. The molecule has 2 nitrogen and oxygen atoms in total. The summed E-state index contributed by atoms with van der Waals surface area (Å²) in [6, 6.07) is 13.5. The molecule has 0 saturated heterocycles. The maximum atomic E-state index is 12.0. The molecule has 0 radical (unpaired) electrons. The van der Waals surface area contributed by atoms with Gasteiger partial charge in [0, 0.05) is 5.02 Å². The summed E-state index contributed by atoms with van der Waals surface area (Å²) < 4.78 is 0. The largest absolute Gasteiger partial charge is 0.294 e. The topological polar surface area (TPSA) is 34.1 Å². The van der Waals surface area contributed by atoms with E-state index in [0.717, 1.165) is 28.7 Å². The van der Waals surface area contributed by atoms with Crippen molar-refractivity contribution in [3.63, 3.8) is 0 Å². The average Bonchev–Trinajstić information content (AvgIpc) is 2.86. The van der Waals surface area contributed by atoms with Crippen molar-refractivity contribution in [3.05, 3.63) is 70.8 Å². The van der Waals surface area contributed by atoms with Crippen LogP contribution in [0, 0.1) is 0 Å². The first kappa shape index (κ1) is 14.7. The molecule has 0 atom stereocenters. The van der Waals surface area contributed by atoms with Gasteiger partial charge in [-0.2, -0.15) is 0 Å². The lowest BCUT2D eigenvalue weighted by molar-refractivity contribution is -0.122. The fourth-order valence-electron chi connectivity index (χ4n) is 2.81. The second-order valence-electron chi connectivity index (χ2n) is 5.35. The second kappa shape index (κ2) is 5.90. The molecule has 0 heterocycles. The zero-order valence-electron chi connectivity index (χ0n) is 12.2. The third kappa shape index (κ3) is 2.62. The molecule has 22 heavy (non-hydrogen) atoms. The molecule has 0 aromatic heterocycles. The van der Waals surface area contributed by atoms with Gasteiger partial charge in [0.25, 0.3) is 0 Å². The maximum absolute atomic E-state index is 12.0. The van der Waals surface area contributed by atoms with Crippen LogP contribution >= 0.6 is 11.6 Å². The van der Waals surface area contributed by atoms with E-state index in [1.807, 2.05) is 49.4 Å². The Balaban J connectivity index is 2.09. The number of halogens is 1. The predicted octanol–water partition coefficient (Wildman–Crippen LogP) is 4.36. The van der Waals surface area contributed by atoms with E-state index in [1.54, 1.807) is 0 Å². The van der Waals surface area contributed by atoms with Crippen molar-refractivity contribution in [3.8, 4) is 11.1 Å². The van der Waals surface area contributed by atoms with Gasteiger partial charge >= 0.3 is 0 Å². The quantitative estimate of drug-likeness (QED) is 0.789. The zero-order valence-corrected chi connectivity index (χ0v) is 12.9. The number of carbonyl (C=O) groups is 2.